The third kappa shape index (κ3) is 10.5. The lowest BCUT2D eigenvalue weighted by molar-refractivity contribution is -0.121. The first-order valence-corrected chi connectivity index (χ1v) is 8.62. The predicted octanol–water partition coefficient (Wildman–Crippen LogP) is 3.10. The molecule has 0 atom stereocenters. The van der Waals surface area contributed by atoms with Crippen LogP contribution in [0, 0.1) is 5.92 Å². The summed E-state index contributed by atoms with van der Waals surface area (Å²) < 4.78 is 0. The van der Waals surface area contributed by atoms with Gasteiger partial charge in [0.25, 0.3) is 0 Å². The van der Waals surface area contributed by atoms with Crippen LogP contribution >= 0.6 is 0 Å². The lowest BCUT2D eigenvalue weighted by Crippen LogP contribution is -2.28. The molecule has 4 heteroatoms. The van der Waals surface area contributed by atoms with Crippen LogP contribution in [0.15, 0.2) is 24.3 Å². The summed E-state index contributed by atoms with van der Waals surface area (Å²) in [6.45, 7) is 11.6. The molecule has 23 heavy (non-hydrogen) atoms. The summed E-state index contributed by atoms with van der Waals surface area (Å²) in [6, 6.07) is 7.65. The zero-order valence-corrected chi connectivity index (χ0v) is 15.2. The van der Waals surface area contributed by atoms with Crippen molar-refractivity contribution >= 4 is 11.8 Å². The largest absolute Gasteiger partial charge is 0.356 e. The Bertz CT molecular complexity index is 453. The minimum absolute atomic E-state index is 0.0390. The van der Waals surface area contributed by atoms with Gasteiger partial charge >= 0.3 is 0 Å². The molecule has 0 aliphatic carbocycles. The molecule has 1 rings (SSSR count). The van der Waals surface area contributed by atoms with E-state index in [1.807, 2.05) is 45.0 Å². The zero-order valence-electron chi connectivity index (χ0n) is 15.2. The van der Waals surface area contributed by atoms with Crippen LogP contribution in [0.2, 0.25) is 0 Å². The molecule has 0 aliphatic heterocycles. The molecule has 130 valence electrons. The maximum atomic E-state index is 11.7. The molecule has 2 amide bonds. The first-order valence-electron chi connectivity index (χ1n) is 8.62. The number of nitrogens with one attached hydrogen (secondary N) is 2. The van der Waals surface area contributed by atoms with Gasteiger partial charge in [-0.25, -0.2) is 0 Å². The molecule has 0 aromatic heterocycles. The van der Waals surface area contributed by atoms with Crippen LogP contribution in [0.1, 0.15) is 52.2 Å². The van der Waals surface area contributed by atoms with Crippen molar-refractivity contribution in [2.45, 2.75) is 53.9 Å². The second kappa shape index (κ2) is 12.7. The molecule has 4 nitrogen and oxygen atoms in total. The number of amides is 2. The lowest BCUT2D eigenvalue weighted by atomic mass is 10.1. The number of hydrogen-bond acceptors (Lipinski definition) is 2. The first kappa shape index (κ1) is 21.2. The van der Waals surface area contributed by atoms with E-state index in [4.69, 9.17) is 0 Å². The Labute approximate surface area is 141 Å². The standard InChI is InChI=1S/C17H26N2O2.C2H6/c1-4-9-18-16(20)10-14-5-7-15(8-6-14)11-17(21)19-12-13(2)3;1-2/h5-8,13H,4,9-12H2,1-3H3,(H,18,20)(H,19,21);1-2H3. The van der Waals surface area contributed by atoms with Gasteiger partial charge in [0, 0.05) is 13.1 Å². The Morgan fingerprint density at radius 3 is 1.74 bits per heavy atom. The molecule has 0 radical (unpaired) electrons. The van der Waals surface area contributed by atoms with Crippen LogP contribution in [-0.4, -0.2) is 24.9 Å². The number of benzene rings is 1. The highest BCUT2D eigenvalue weighted by Gasteiger charge is 2.06. The van der Waals surface area contributed by atoms with Crippen LogP contribution in [0.3, 0.4) is 0 Å². The normalized spacial score (nSPS) is 9.83. The monoisotopic (exact) mass is 320 g/mol. The third-order valence-corrected chi connectivity index (χ3v) is 3.03. The minimum atomic E-state index is 0.0390. The second-order valence-electron chi connectivity index (χ2n) is 5.72. The number of carbonyl (C=O) groups excluding carboxylic acids is 2. The zero-order chi connectivity index (χ0) is 17.7. The van der Waals surface area contributed by atoms with Crippen LogP contribution in [0.5, 0.6) is 0 Å². The minimum Gasteiger partial charge on any atom is -0.356 e. The molecule has 0 saturated carbocycles. The Kier molecular flexibility index (Phi) is 11.7. The molecule has 1 aromatic rings. The molecule has 0 saturated heterocycles. The van der Waals surface area contributed by atoms with E-state index in [0.29, 0.717) is 31.8 Å². The van der Waals surface area contributed by atoms with Gasteiger partial charge in [-0.05, 0) is 23.5 Å². The first-order chi connectivity index (χ1) is 11.0. The summed E-state index contributed by atoms with van der Waals surface area (Å²) in [7, 11) is 0. The maximum Gasteiger partial charge on any atom is 0.224 e. The van der Waals surface area contributed by atoms with Gasteiger partial charge in [0.2, 0.25) is 11.8 Å². The summed E-state index contributed by atoms with van der Waals surface area (Å²) in [6.07, 6.45) is 1.71. The summed E-state index contributed by atoms with van der Waals surface area (Å²) >= 11 is 0. The number of hydrogen-bond donors (Lipinski definition) is 2. The van der Waals surface area contributed by atoms with Crippen LogP contribution < -0.4 is 10.6 Å². The summed E-state index contributed by atoms with van der Waals surface area (Å²) in [5, 5.41) is 5.75. The summed E-state index contributed by atoms with van der Waals surface area (Å²) in [5.41, 5.74) is 1.93. The highest BCUT2D eigenvalue weighted by Crippen LogP contribution is 2.06. The van der Waals surface area contributed by atoms with E-state index in [0.717, 1.165) is 17.5 Å². The molecular formula is C19H32N2O2. The lowest BCUT2D eigenvalue weighted by Gasteiger charge is -2.08. The van der Waals surface area contributed by atoms with Crippen molar-refractivity contribution < 1.29 is 9.59 Å². The van der Waals surface area contributed by atoms with Crippen LogP contribution in [0.4, 0.5) is 0 Å². The van der Waals surface area contributed by atoms with Gasteiger partial charge in [-0.1, -0.05) is 58.9 Å². The average molecular weight is 320 g/mol. The fraction of sp³-hybridized carbons (Fsp3) is 0.579. The molecule has 0 heterocycles. The highest BCUT2D eigenvalue weighted by molar-refractivity contribution is 5.79. The Morgan fingerprint density at radius 2 is 1.35 bits per heavy atom. The number of rotatable bonds is 8. The van der Waals surface area contributed by atoms with Gasteiger partial charge in [-0.3, -0.25) is 9.59 Å². The topological polar surface area (TPSA) is 58.2 Å². The quantitative estimate of drug-likeness (QED) is 0.773. The molecule has 0 aliphatic rings. The summed E-state index contributed by atoms with van der Waals surface area (Å²) in [4.78, 5) is 23.3. The van der Waals surface area contributed by atoms with Crippen molar-refractivity contribution in [3.05, 3.63) is 35.4 Å². The smallest absolute Gasteiger partial charge is 0.224 e. The van der Waals surface area contributed by atoms with Gasteiger partial charge < -0.3 is 10.6 Å². The van der Waals surface area contributed by atoms with Crippen LogP contribution in [0.25, 0.3) is 0 Å². The van der Waals surface area contributed by atoms with E-state index in [1.165, 1.54) is 0 Å². The fourth-order valence-electron chi connectivity index (χ4n) is 1.85. The molecule has 0 fully saturated rings. The van der Waals surface area contributed by atoms with Crippen molar-refractivity contribution in [3.8, 4) is 0 Å². The molecule has 0 unspecified atom stereocenters. The fourth-order valence-corrected chi connectivity index (χ4v) is 1.85. The van der Waals surface area contributed by atoms with Crippen LogP contribution in [-0.2, 0) is 22.4 Å². The molecule has 1 aromatic carbocycles. The van der Waals surface area contributed by atoms with Crippen molar-refractivity contribution in [1.29, 1.82) is 0 Å². The van der Waals surface area contributed by atoms with E-state index in [1.54, 1.807) is 0 Å². The summed E-state index contributed by atoms with van der Waals surface area (Å²) in [5.74, 6) is 0.536. The van der Waals surface area contributed by atoms with Gasteiger partial charge in [0.15, 0.2) is 0 Å². The van der Waals surface area contributed by atoms with Crippen molar-refractivity contribution in [2.24, 2.45) is 5.92 Å². The van der Waals surface area contributed by atoms with Crippen molar-refractivity contribution in [1.82, 2.24) is 10.6 Å². The average Bonchev–Trinajstić information content (AvgIpc) is 2.55. The van der Waals surface area contributed by atoms with E-state index >= 15 is 0 Å². The number of carbonyl (C=O) groups is 2. The van der Waals surface area contributed by atoms with E-state index in [9.17, 15) is 9.59 Å². The molecule has 0 spiro atoms. The SMILES string of the molecule is CC.CCCNC(=O)Cc1ccc(CC(=O)NCC(C)C)cc1. The van der Waals surface area contributed by atoms with Gasteiger partial charge in [0.1, 0.15) is 0 Å². The molecule has 2 N–H and O–H groups in total. The highest BCUT2D eigenvalue weighted by atomic mass is 16.2. The molecule has 0 bridgehead atoms. The van der Waals surface area contributed by atoms with Gasteiger partial charge in [0.05, 0.1) is 12.8 Å². The van der Waals surface area contributed by atoms with E-state index in [2.05, 4.69) is 24.5 Å². The maximum absolute atomic E-state index is 11.7. The van der Waals surface area contributed by atoms with Crippen molar-refractivity contribution in [2.75, 3.05) is 13.1 Å². The predicted molar refractivity (Wildman–Crippen MR) is 96.3 cm³/mol. The Hall–Kier alpha value is -1.84. The van der Waals surface area contributed by atoms with E-state index < -0.39 is 0 Å². The van der Waals surface area contributed by atoms with Gasteiger partial charge in [-0.2, -0.15) is 0 Å². The third-order valence-electron chi connectivity index (χ3n) is 3.03. The van der Waals surface area contributed by atoms with Crippen molar-refractivity contribution in [3.63, 3.8) is 0 Å². The van der Waals surface area contributed by atoms with E-state index in [-0.39, 0.29) is 11.8 Å². The Balaban J connectivity index is 0.00000232. The molecular weight excluding hydrogens is 288 g/mol. The van der Waals surface area contributed by atoms with Gasteiger partial charge in [-0.15, -0.1) is 0 Å². The second-order valence-corrected chi connectivity index (χ2v) is 5.72. The Morgan fingerprint density at radius 1 is 0.913 bits per heavy atom.